The van der Waals surface area contributed by atoms with Gasteiger partial charge < -0.3 is 4.90 Å². The van der Waals surface area contributed by atoms with Crippen molar-refractivity contribution in [2.24, 2.45) is 5.92 Å². The van der Waals surface area contributed by atoms with Crippen LogP contribution < -0.4 is 0 Å². The van der Waals surface area contributed by atoms with Crippen molar-refractivity contribution in [2.75, 3.05) is 14.1 Å². The molecule has 1 unspecified atom stereocenters. The van der Waals surface area contributed by atoms with E-state index in [4.69, 9.17) is 0 Å². The summed E-state index contributed by atoms with van der Waals surface area (Å²) >= 11 is 0. The van der Waals surface area contributed by atoms with Crippen molar-refractivity contribution in [1.29, 1.82) is 0 Å². The molecule has 0 aromatic heterocycles. The van der Waals surface area contributed by atoms with Gasteiger partial charge in [-0.2, -0.15) is 0 Å². The first-order valence-corrected chi connectivity index (χ1v) is 4.61. The smallest absolute Gasteiger partial charge is 0.00556 e. The number of hydrogen-bond acceptors (Lipinski definition) is 1. The Morgan fingerprint density at radius 1 is 1.55 bits per heavy atom. The van der Waals surface area contributed by atoms with Crippen LogP contribution in [0.2, 0.25) is 0 Å². The monoisotopic (exact) mass is 153 g/mol. The Kier molecular flexibility index (Phi) is 2.98. The van der Waals surface area contributed by atoms with Crippen LogP contribution in [-0.4, -0.2) is 19.0 Å². The van der Waals surface area contributed by atoms with Crippen LogP contribution in [0.15, 0.2) is 11.8 Å². The van der Waals surface area contributed by atoms with E-state index in [-0.39, 0.29) is 0 Å². The summed E-state index contributed by atoms with van der Waals surface area (Å²) in [5.41, 5.74) is 1.66. The van der Waals surface area contributed by atoms with Gasteiger partial charge in [-0.3, -0.25) is 0 Å². The lowest BCUT2D eigenvalue weighted by Crippen LogP contribution is -2.05. The predicted molar refractivity (Wildman–Crippen MR) is 49.4 cm³/mol. The molecule has 0 aromatic carbocycles. The highest BCUT2D eigenvalue weighted by atomic mass is 15.0. The van der Waals surface area contributed by atoms with Crippen molar-refractivity contribution in [3.05, 3.63) is 11.8 Å². The van der Waals surface area contributed by atoms with E-state index in [1.165, 1.54) is 25.7 Å². The van der Waals surface area contributed by atoms with Crippen LogP contribution in [0, 0.1) is 5.92 Å². The SMILES string of the molecule is CCC1CCC/C1=C/N(C)C. The van der Waals surface area contributed by atoms with Gasteiger partial charge in [0.1, 0.15) is 0 Å². The topological polar surface area (TPSA) is 3.24 Å². The van der Waals surface area contributed by atoms with Crippen molar-refractivity contribution in [1.82, 2.24) is 4.90 Å². The second-order valence-electron chi connectivity index (χ2n) is 3.67. The van der Waals surface area contributed by atoms with Crippen LogP contribution in [0.4, 0.5) is 0 Å². The van der Waals surface area contributed by atoms with Gasteiger partial charge in [0, 0.05) is 14.1 Å². The van der Waals surface area contributed by atoms with Crippen LogP contribution >= 0.6 is 0 Å². The largest absolute Gasteiger partial charge is 0.384 e. The molecule has 1 saturated carbocycles. The molecule has 0 heterocycles. The summed E-state index contributed by atoms with van der Waals surface area (Å²) in [6.07, 6.45) is 7.77. The van der Waals surface area contributed by atoms with Gasteiger partial charge in [0.15, 0.2) is 0 Å². The molecule has 1 aliphatic carbocycles. The van der Waals surface area contributed by atoms with E-state index in [1.807, 2.05) is 0 Å². The van der Waals surface area contributed by atoms with Gasteiger partial charge in [-0.25, -0.2) is 0 Å². The normalized spacial score (nSPS) is 27.9. The first kappa shape index (κ1) is 8.63. The lowest BCUT2D eigenvalue weighted by molar-refractivity contribution is 0.534. The molecule has 0 spiro atoms. The second-order valence-corrected chi connectivity index (χ2v) is 3.67. The molecule has 0 radical (unpaired) electrons. The first-order valence-electron chi connectivity index (χ1n) is 4.61. The summed E-state index contributed by atoms with van der Waals surface area (Å²) < 4.78 is 0. The van der Waals surface area contributed by atoms with Crippen LogP contribution in [-0.2, 0) is 0 Å². The number of nitrogens with zero attached hydrogens (tertiary/aromatic N) is 1. The quantitative estimate of drug-likeness (QED) is 0.589. The molecule has 1 atom stereocenters. The fourth-order valence-corrected chi connectivity index (χ4v) is 1.91. The van der Waals surface area contributed by atoms with Gasteiger partial charge in [0.25, 0.3) is 0 Å². The molecular weight excluding hydrogens is 134 g/mol. The van der Waals surface area contributed by atoms with E-state index in [0.29, 0.717) is 0 Å². The molecule has 11 heavy (non-hydrogen) atoms. The van der Waals surface area contributed by atoms with Crippen molar-refractivity contribution in [2.45, 2.75) is 32.6 Å². The van der Waals surface area contributed by atoms with E-state index in [0.717, 1.165) is 5.92 Å². The lowest BCUT2D eigenvalue weighted by Gasteiger charge is -2.12. The number of hydrogen-bond donors (Lipinski definition) is 0. The Hall–Kier alpha value is -0.460. The average molecular weight is 153 g/mol. The highest BCUT2D eigenvalue weighted by Crippen LogP contribution is 2.32. The standard InChI is InChI=1S/C10H19N/c1-4-9-6-5-7-10(9)8-11(2)3/h8-9H,4-7H2,1-3H3/b10-8-. The summed E-state index contributed by atoms with van der Waals surface area (Å²) in [4.78, 5) is 2.17. The number of rotatable bonds is 2. The summed E-state index contributed by atoms with van der Waals surface area (Å²) in [5, 5.41) is 0. The van der Waals surface area contributed by atoms with Crippen molar-refractivity contribution in [3.8, 4) is 0 Å². The summed E-state index contributed by atoms with van der Waals surface area (Å²) in [5.74, 6) is 0.886. The Balaban J connectivity index is 2.55. The maximum absolute atomic E-state index is 2.31. The molecule has 0 amide bonds. The Morgan fingerprint density at radius 3 is 2.82 bits per heavy atom. The molecule has 0 N–H and O–H groups in total. The minimum atomic E-state index is 0.886. The number of allylic oxidation sites excluding steroid dienone is 1. The van der Waals surface area contributed by atoms with E-state index in [1.54, 1.807) is 5.57 Å². The Bertz CT molecular complexity index is 147. The molecule has 1 rings (SSSR count). The van der Waals surface area contributed by atoms with Crippen molar-refractivity contribution < 1.29 is 0 Å². The summed E-state index contributed by atoms with van der Waals surface area (Å²) in [7, 11) is 4.22. The van der Waals surface area contributed by atoms with E-state index < -0.39 is 0 Å². The van der Waals surface area contributed by atoms with Crippen LogP contribution in [0.5, 0.6) is 0 Å². The highest BCUT2D eigenvalue weighted by molar-refractivity contribution is 5.09. The molecular formula is C10H19N. The molecule has 0 aliphatic heterocycles. The minimum absolute atomic E-state index is 0.886. The van der Waals surface area contributed by atoms with E-state index >= 15 is 0 Å². The van der Waals surface area contributed by atoms with Gasteiger partial charge in [0.05, 0.1) is 0 Å². The molecule has 1 nitrogen and oxygen atoms in total. The van der Waals surface area contributed by atoms with Gasteiger partial charge in [-0.05, 0) is 37.8 Å². The van der Waals surface area contributed by atoms with Gasteiger partial charge in [-0.1, -0.05) is 12.5 Å². The lowest BCUT2D eigenvalue weighted by atomic mass is 10.0. The zero-order chi connectivity index (χ0) is 8.27. The van der Waals surface area contributed by atoms with Crippen molar-refractivity contribution in [3.63, 3.8) is 0 Å². The third kappa shape index (κ3) is 2.25. The molecule has 0 saturated heterocycles. The maximum atomic E-state index is 2.31. The molecule has 1 heteroatoms. The van der Waals surface area contributed by atoms with Gasteiger partial charge >= 0.3 is 0 Å². The molecule has 1 aliphatic rings. The average Bonchev–Trinajstić information content (AvgIpc) is 2.34. The predicted octanol–water partition coefficient (Wildman–Crippen LogP) is 2.64. The third-order valence-electron chi connectivity index (χ3n) is 2.46. The van der Waals surface area contributed by atoms with Crippen molar-refractivity contribution >= 4 is 0 Å². The Morgan fingerprint density at radius 2 is 2.27 bits per heavy atom. The molecule has 0 aromatic rings. The second kappa shape index (κ2) is 3.80. The highest BCUT2D eigenvalue weighted by Gasteiger charge is 2.18. The fraction of sp³-hybridized carbons (Fsp3) is 0.800. The zero-order valence-electron chi connectivity index (χ0n) is 7.93. The van der Waals surface area contributed by atoms with Crippen LogP contribution in [0.25, 0.3) is 0 Å². The fourth-order valence-electron chi connectivity index (χ4n) is 1.91. The molecule has 1 fully saturated rings. The Labute approximate surface area is 70.1 Å². The van der Waals surface area contributed by atoms with Gasteiger partial charge in [0.2, 0.25) is 0 Å². The zero-order valence-corrected chi connectivity index (χ0v) is 7.93. The maximum Gasteiger partial charge on any atom is 0.00556 e. The molecule has 64 valence electrons. The first-order chi connectivity index (χ1) is 5.24. The summed E-state index contributed by atoms with van der Waals surface area (Å²) in [6.45, 7) is 2.29. The van der Waals surface area contributed by atoms with Gasteiger partial charge in [-0.15, -0.1) is 0 Å². The van der Waals surface area contributed by atoms with E-state index in [2.05, 4.69) is 32.1 Å². The van der Waals surface area contributed by atoms with E-state index in [9.17, 15) is 0 Å². The van der Waals surface area contributed by atoms with Crippen LogP contribution in [0.1, 0.15) is 32.6 Å². The third-order valence-corrected chi connectivity index (χ3v) is 2.46. The summed E-state index contributed by atoms with van der Waals surface area (Å²) in [6, 6.07) is 0. The molecule has 0 bridgehead atoms. The minimum Gasteiger partial charge on any atom is -0.384 e. The van der Waals surface area contributed by atoms with Crippen LogP contribution in [0.3, 0.4) is 0 Å².